The lowest BCUT2D eigenvalue weighted by atomic mass is 10.0. The Kier molecular flexibility index (Phi) is 8.20. The van der Waals surface area contributed by atoms with E-state index in [-0.39, 0.29) is 23.8 Å². The number of hydrogen-bond acceptors (Lipinski definition) is 4. The molecule has 0 aliphatic carbocycles. The molecule has 0 aromatic carbocycles. The highest BCUT2D eigenvalue weighted by Crippen LogP contribution is 2.23. The molecule has 2 N–H and O–H groups in total. The van der Waals surface area contributed by atoms with Crippen molar-refractivity contribution in [2.75, 3.05) is 20.2 Å². The van der Waals surface area contributed by atoms with Crippen LogP contribution in [-0.4, -0.2) is 39.9 Å². The van der Waals surface area contributed by atoms with Crippen LogP contribution in [0.25, 0.3) is 0 Å². The molecule has 1 atom stereocenters. The van der Waals surface area contributed by atoms with E-state index in [9.17, 15) is 9.90 Å². The number of aliphatic hydroxyl groups excluding tert-OH is 1. The number of aliphatic hydroxyl groups is 1. The first-order chi connectivity index (χ1) is 10.5. The van der Waals surface area contributed by atoms with Crippen LogP contribution in [0, 0.1) is 0 Å². The second-order valence-corrected chi connectivity index (χ2v) is 5.94. The number of aromatic hydroxyl groups is 1. The summed E-state index contributed by atoms with van der Waals surface area (Å²) in [5.74, 6) is -0.192. The standard InChI is InChI=1S/C17H30N2O3/c1-4-6-7-8-14(5-2)19-13-17(22)16(21)11-15(19)12-18(3)9-10-20/h11,13-14,20,22H,4-10,12H2,1-3H3. The van der Waals surface area contributed by atoms with Gasteiger partial charge in [0.15, 0.2) is 5.75 Å². The lowest BCUT2D eigenvalue weighted by Crippen LogP contribution is -2.26. The van der Waals surface area contributed by atoms with Gasteiger partial charge in [-0.3, -0.25) is 9.69 Å². The van der Waals surface area contributed by atoms with Crippen LogP contribution in [0.1, 0.15) is 57.7 Å². The quantitative estimate of drug-likeness (QED) is 0.652. The molecular weight excluding hydrogens is 280 g/mol. The summed E-state index contributed by atoms with van der Waals surface area (Å²) >= 11 is 0. The highest BCUT2D eigenvalue weighted by atomic mass is 16.3. The van der Waals surface area contributed by atoms with Crippen LogP contribution in [0.15, 0.2) is 17.1 Å². The molecule has 1 aromatic heterocycles. The van der Waals surface area contributed by atoms with Gasteiger partial charge in [-0.25, -0.2) is 0 Å². The zero-order chi connectivity index (χ0) is 16.5. The van der Waals surface area contributed by atoms with Gasteiger partial charge in [0.25, 0.3) is 0 Å². The normalized spacial score (nSPS) is 12.8. The highest BCUT2D eigenvalue weighted by Gasteiger charge is 2.15. The fourth-order valence-electron chi connectivity index (χ4n) is 2.74. The Morgan fingerprint density at radius 1 is 1.32 bits per heavy atom. The van der Waals surface area contributed by atoms with Gasteiger partial charge < -0.3 is 14.8 Å². The summed E-state index contributed by atoms with van der Waals surface area (Å²) in [5, 5.41) is 18.8. The van der Waals surface area contributed by atoms with Crippen LogP contribution in [0.2, 0.25) is 0 Å². The van der Waals surface area contributed by atoms with E-state index in [1.54, 1.807) is 6.20 Å². The molecule has 0 bridgehead atoms. The molecule has 1 unspecified atom stereocenters. The van der Waals surface area contributed by atoms with Crippen molar-refractivity contribution in [3.63, 3.8) is 0 Å². The molecule has 0 saturated heterocycles. The number of unbranched alkanes of at least 4 members (excludes halogenated alkanes) is 2. The van der Waals surface area contributed by atoms with Crippen molar-refractivity contribution in [2.45, 2.75) is 58.5 Å². The molecule has 1 aromatic rings. The van der Waals surface area contributed by atoms with Crippen molar-refractivity contribution in [2.24, 2.45) is 0 Å². The van der Waals surface area contributed by atoms with Crippen molar-refractivity contribution in [3.8, 4) is 5.75 Å². The van der Waals surface area contributed by atoms with E-state index in [0.29, 0.717) is 13.1 Å². The van der Waals surface area contributed by atoms with E-state index in [1.807, 2.05) is 16.5 Å². The van der Waals surface area contributed by atoms with Crippen LogP contribution in [0.3, 0.4) is 0 Å². The Morgan fingerprint density at radius 2 is 2.05 bits per heavy atom. The first-order valence-corrected chi connectivity index (χ1v) is 8.26. The molecule has 0 saturated carbocycles. The van der Waals surface area contributed by atoms with Crippen LogP contribution in [-0.2, 0) is 6.54 Å². The predicted molar refractivity (Wildman–Crippen MR) is 89.3 cm³/mol. The van der Waals surface area contributed by atoms with Crippen molar-refractivity contribution >= 4 is 0 Å². The zero-order valence-corrected chi connectivity index (χ0v) is 14.1. The van der Waals surface area contributed by atoms with E-state index in [4.69, 9.17) is 5.11 Å². The third-order valence-corrected chi connectivity index (χ3v) is 4.06. The second-order valence-electron chi connectivity index (χ2n) is 5.94. The summed E-state index contributed by atoms with van der Waals surface area (Å²) in [4.78, 5) is 13.7. The van der Waals surface area contributed by atoms with E-state index in [0.717, 1.165) is 25.0 Å². The summed E-state index contributed by atoms with van der Waals surface area (Å²) in [5.41, 5.74) is 0.550. The Bertz CT molecular complexity index is 499. The summed E-state index contributed by atoms with van der Waals surface area (Å²) in [6, 6.07) is 1.81. The maximum Gasteiger partial charge on any atom is 0.223 e. The van der Waals surface area contributed by atoms with Gasteiger partial charge >= 0.3 is 0 Å². The predicted octanol–water partition coefficient (Wildman–Crippen LogP) is 2.51. The topological polar surface area (TPSA) is 65.7 Å². The smallest absolute Gasteiger partial charge is 0.223 e. The SMILES string of the molecule is CCCCCC(CC)n1cc(O)c(=O)cc1CN(C)CCO. The Morgan fingerprint density at radius 3 is 2.64 bits per heavy atom. The first-order valence-electron chi connectivity index (χ1n) is 8.26. The first kappa shape index (κ1) is 18.7. The van der Waals surface area contributed by atoms with Crippen molar-refractivity contribution in [3.05, 3.63) is 28.2 Å². The molecule has 126 valence electrons. The van der Waals surface area contributed by atoms with Gasteiger partial charge in [0.1, 0.15) is 0 Å². The molecule has 5 nitrogen and oxygen atoms in total. The number of likely N-dealkylation sites (N-methyl/N-ethyl adjacent to an activating group) is 1. The van der Waals surface area contributed by atoms with E-state index >= 15 is 0 Å². The number of rotatable bonds is 10. The number of aromatic nitrogens is 1. The molecular formula is C17H30N2O3. The van der Waals surface area contributed by atoms with Crippen LogP contribution < -0.4 is 5.43 Å². The van der Waals surface area contributed by atoms with Crippen LogP contribution in [0.5, 0.6) is 5.75 Å². The highest BCUT2D eigenvalue weighted by molar-refractivity contribution is 5.21. The minimum absolute atomic E-state index is 0.0898. The monoisotopic (exact) mass is 310 g/mol. The van der Waals surface area contributed by atoms with Gasteiger partial charge in [-0.2, -0.15) is 0 Å². The minimum Gasteiger partial charge on any atom is -0.503 e. The van der Waals surface area contributed by atoms with Gasteiger partial charge in [-0.05, 0) is 19.9 Å². The van der Waals surface area contributed by atoms with Gasteiger partial charge in [0.05, 0.1) is 12.8 Å². The lowest BCUT2D eigenvalue weighted by Gasteiger charge is -2.25. The Labute approximate surface area is 133 Å². The van der Waals surface area contributed by atoms with Crippen molar-refractivity contribution in [1.82, 2.24) is 9.47 Å². The molecule has 0 fully saturated rings. The van der Waals surface area contributed by atoms with Gasteiger partial charge in [-0.15, -0.1) is 0 Å². The summed E-state index contributed by atoms with van der Waals surface area (Å²) < 4.78 is 2.04. The number of nitrogens with zero attached hydrogens (tertiary/aromatic N) is 2. The molecule has 5 heteroatoms. The van der Waals surface area contributed by atoms with Crippen molar-refractivity contribution in [1.29, 1.82) is 0 Å². The number of hydrogen-bond donors (Lipinski definition) is 2. The third kappa shape index (κ3) is 5.46. The van der Waals surface area contributed by atoms with E-state index in [1.165, 1.54) is 18.9 Å². The molecule has 0 amide bonds. The molecule has 1 rings (SSSR count). The minimum atomic E-state index is -0.341. The Balaban J connectivity index is 3.02. The summed E-state index contributed by atoms with van der Waals surface area (Å²) in [7, 11) is 1.91. The third-order valence-electron chi connectivity index (χ3n) is 4.06. The van der Waals surface area contributed by atoms with Gasteiger partial charge in [0.2, 0.25) is 5.43 Å². The fourth-order valence-corrected chi connectivity index (χ4v) is 2.74. The molecule has 0 spiro atoms. The molecule has 1 heterocycles. The maximum absolute atomic E-state index is 11.8. The Hall–Kier alpha value is -1.33. The molecule has 0 aliphatic heterocycles. The molecule has 22 heavy (non-hydrogen) atoms. The van der Waals surface area contributed by atoms with E-state index < -0.39 is 0 Å². The maximum atomic E-state index is 11.8. The zero-order valence-electron chi connectivity index (χ0n) is 14.1. The summed E-state index contributed by atoms with van der Waals surface area (Å²) in [6.45, 7) is 5.54. The van der Waals surface area contributed by atoms with Gasteiger partial charge in [0, 0.05) is 30.9 Å². The molecule has 0 radical (unpaired) electrons. The largest absolute Gasteiger partial charge is 0.503 e. The average molecular weight is 310 g/mol. The average Bonchev–Trinajstić information content (AvgIpc) is 2.48. The van der Waals surface area contributed by atoms with Crippen molar-refractivity contribution < 1.29 is 10.2 Å². The molecule has 0 aliphatic rings. The fraction of sp³-hybridized carbons (Fsp3) is 0.706. The van der Waals surface area contributed by atoms with Crippen LogP contribution >= 0.6 is 0 Å². The summed E-state index contributed by atoms with van der Waals surface area (Å²) in [6.07, 6.45) is 7.10. The van der Waals surface area contributed by atoms with Crippen LogP contribution in [0.4, 0.5) is 0 Å². The van der Waals surface area contributed by atoms with Gasteiger partial charge in [-0.1, -0.05) is 33.1 Å². The van der Waals surface area contributed by atoms with E-state index in [2.05, 4.69) is 13.8 Å². The number of pyridine rings is 1. The lowest BCUT2D eigenvalue weighted by molar-refractivity contribution is 0.212. The second kappa shape index (κ2) is 9.64.